The summed E-state index contributed by atoms with van der Waals surface area (Å²) in [4.78, 5) is 13.1. The first-order chi connectivity index (χ1) is 12.8. The number of pyridine rings is 1. The average Bonchev–Trinajstić information content (AvgIpc) is 2.71. The molecule has 0 unspecified atom stereocenters. The molecular formula is C23H20N2O. The molecule has 3 aromatic carbocycles. The molecule has 3 heteroatoms. The van der Waals surface area contributed by atoms with Crippen molar-refractivity contribution in [1.82, 2.24) is 4.57 Å². The number of hydrogen-bond acceptors (Lipinski definition) is 2. The topological polar surface area (TPSA) is 34.0 Å². The fourth-order valence-corrected chi connectivity index (χ4v) is 3.34. The van der Waals surface area contributed by atoms with Gasteiger partial charge in [-0.2, -0.15) is 0 Å². The van der Waals surface area contributed by atoms with Crippen LogP contribution >= 0.6 is 0 Å². The van der Waals surface area contributed by atoms with Crippen LogP contribution in [0.5, 0.6) is 0 Å². The van der Waals surface area contributed by atoms with Crippen LogP contribution in [0.25, 0.3) is 22.0 Å². The van der Waals surface area contributed by atoms with Crippen molar-refractivity contribution in [3.05, 3.63) is 101 Å². The van der Waals surface area contributed by atoms with Crippen LogP contribution in [0.4, 0.5) is 5.69 Å². The van der Waals surface area contributed by atoms with Gasteiger partial charge in [-0.25, -0.2) is 0 Å². The summed E-state index contributed by atoms with van der Waals surface area (Å²) < 4.78 is 1.73. The van der Waals surface area contributed by atoms with Gasteiger partial charge >= 0.3 is 0 Å². The average molecular weight is 340 g/mol. The van der Waals surface area contributed by atoms with Crippen molar-refractivity contribution in [2.24, 2.45) is 7.05 Å². The smallest absolute Gasteiger partial charge is 0.260 e. The van der Waals surface area contributed by atoms with E-state index < -0.39 is 0 Å². The zero-order valence-electron chi connectivity index (χ0n) is 14.6. The van der Waals surface area contributed by atoms with E-state index in [-0.39, 0.29) is 5.56 Å². The number of nitrogens with one attached hydrogen (secondary N) is 1. The van der Waals surface area contributed by atoms with Crippen molar-refractivity contribution in [2.75, 3.05) is 5.32 Å². The first-order valence-electron chi connectivity index (χ1n) is 8.70. The Morgan fingerprint density at radius 2 is 1.42 bits per heavy atom. The van der Waals surface area contributed by atoms with Crippen LogP contribution in [0.3, 0.4) is 0 Å². The normalized spacial score (nSPS) is 10.8. The Labute approximate surface area is 152 Å². The van der Waals surface area contributed by atoms with Gasteiger partial charge in [-0.15, -0.1) is 0 Å². The number of fused-ring (bicyclic) bond motifs is 1. The van der Waals surface area contributed by atoms with Crippen LogP contribution in [0.15, 0.2) is 89.7 Å². The number of rotatable bonds is 4. The SMILES string of the molecule is Cn1c(=O)c(-c2ccccc2)c(NCc2ccccc2)c2ccccc21. The van der Waals surface area contributed by atoms with Gasteiger partial charge in [0.05, 0.1) is 16.8 Å². The number of aryl methyl sites for hydroxylation is 1. The maximum Gasteiger partial charge on any atom is 0.260 e. The van der Waals surface area contributed by atoms with Crippen LogP contribution in [0, 0.1) is 0 Å². The number of hydrogen-bond donors (Lipinski definition) is 1. The lowest BCUT2D eigenvalue weighted by molar-refractivity contribution is 0.908. The van der Waals surface area contributed by atoms with Gasteiger partial charge in [-0.05, 0) is 17.2 Å². The summed E-state index contributed by atoms with van der Waals surface area (Å²) in [7, 11) is 1.83. The number of aromatic nitrogens is 1. The minimum Gasteiger partial charge on any atom is -0.380 e. The van der Waals surface area contributed by atoms with Crippen LogP contribution in [0.1, 0.15) is 5.56 Å². The summed E-state index contributed by atoms with van der Waals surface area (Å²) in [6.07, 6.45) is 0. The largest absolute Gasteiger partial charge is 0.380 e. The fraction of sp³-hybridized carbons (Fsp3) is 0.0870. The quantitative estimate of drug-likeness (QED) is 0.578. The molecule has 1 N–H and O–H groups in total. The van der Waals surface area contributed by atoms with Gasteiger partial charge in [0.25, 0.3) is 5.56 Å². The van der Waals surface area contributed by atoms with E-state index in [9.17, 15) is 4.79 Å². The Kier molecular flexibility index (Phi) is 4.28. The van der Waals surface area contributed by atoms with Gasteiger partial charge in [0, 0.05) is 19.0 Å². The molecule has 0 radical (unpaired) electrons. The van der Waals surface area contributed by atoms with Crippen LogP contribution in [-0.2, 0) is 13.6 Å². The third-order valence-electron chi connectivity index (χ3n) is 4.68. The third-order valence-corrected chi connectivity index (χ3v) is 4.68. The van der Waals surface area contributed by atoms with E-state index in [2.05, 4.69) is 23.5 Å². The minimum atomic E-state index is 0.00506. The standard InChI is InChI=1S/C23H20N2O/c1-25-20-15-9-8-14-19(20)22(24-16-17-10-4-2-5-11-17)21(23(25)26)18-12-6-3-7-13-18/h2-15,24H,16H2,1H3. The highest BCUT2D eigenvalue weighted by Crippen LogP contribution is 2.32. The summed E-state index contributed by atoms with van der Waals surface area (Å²) in [5, 5.41) is 4.57. The van der Waals surface area contributed by atoms with Crippen molar-refractivity contribution >= 4 is 16.6 Å². The second kappa shape index (κ2) is 6.89. The van der Waals surface area contributed by atoms with E-state index in [1.165, 1.54) is 5.56 Å². The summed E-state index contributed by atoms with van der Waals surface area (Å²) >= 11 is 0. The van der Waals surface area contributed by atoms with Gasteiger partial charge in [-0.3, -0.25) is 4.79 Å². The van der Waals surface area contributed by atoms with Gasteiger partial charge < -0.3 is 9.88 Å². The van der Waals surface area contributed by atoms with E-state index in [1.54, 1.807) is 4.57 Å². The molecular weight excluding hydrogens is 320 g/mol. The van der Waals surface area contributed by atoms with Crippen LogP contribution < -0.4 is 10.9 Å². The molecule has 1 aromatic heterocycles. The second-order valence-electron chi connectivity index (χ2n) is 6.34. The molecule has 4 aromatic rings. The van der Waals surface area contributed by atoms with E-state index in [0.29, 0.717) is 12.1 Å². The molecule has 0 atom stereocenters. The van der Waals surface area contributed by atoms with E-state index >= 15 is 0 Å². The molecule has 0 amide bonds. The number of para-hydroxylation sites is 1. The zero-order chi connectivity index (χ0) is 17.9. The maximum atomic E-state index is 13.1. The molecule has 0 bridgehead atoms. The van der Waals surface area contributed by atoms with Crippen molar-refractivity contribution in [3.63, 3.8) is 0 Å². The van der Waals surface area contributed by atoms with Crippen LogP contribution in [0.2, 0.25) is 0 Å². The highest BCUT2D eigenvalue weighted by atomic mass is 16.1. The third kappa shape index (κ3) is 2.88. The minimum absolute atomic E-state index is 0.00506. The van der Waals surface area contributed by atoms with Gasteiger partial charge in [0.15, 0.2) is 0 Å². The highest BCUT2D eigenvalue weighted by molar-refractivity contribution is 5.99. The zero-order valence-corrected chi connectivity index (χ0v) is 14.6. The maximum absolute atomic E-state index is 13.1. The lowest BCUT2D eigenvalue weighted by Gasteiger charge is -2.17. The van der Waals surface area contributed by atoms with Crippen molar-refractivity contribution in [3.8, 4) is 11.1 Å². The Balaban J connectivity index is 1.93. The number of anilines is 1. The van der Waals surface area contributed by atoms with Crippen LogP contribution in [-0.4, -0.2) is 4.57 Å². The Morgan fingerprint density at radius 1 is 0.808 bits per heavy atom. The van der Waals surface area contributed by atoms with E-state index in [4.69, 9.17) is 0 Å². The first-order valence-corrected chi connectivity index (χ1v) is 8.70. The lowest BCUT2D eigenvalue weighted by Crippen LogP contribution is -2.21. The summed E-state index contributed by atoms with van der Waals surface area (Å²) in [6, 6.07) is 28.1. The lowest BCUT2D eigenvalue weighted by atomic mass is 10.0. The highest BCUT2D eigenvalue weighted by Gasteiger charge is 2.16. The summed E-state index contributed by atoms with van der Waals surface area (Å²) in [5.74, 6) is 0. The van der Waals surface area contributed by atoms with Crippen molar-refractivity contribution in [2.45, 2.75) is 6.54 Å². The molecule has 0 saturated carbocycles. The molecule has 4 rings (SSSR count). The Bertz CT molecular complexity index is 1100. The molecule has 26 heavy (non-hydrogen) atoms. The molecule has 0 aliphatic heterocycles. The fourth-order valence-electron chi connectivity index (χ4n) is 3.34. The van der Waals surface area contributed by atoms with Crippen molar-refractivity contribution in [1.29, 1.82) is 0 Å². The summed E-state index contributed by atoms with van der Waals surface area (Å²) in [6.45, 7) is 0.665. The molecule has 0 aliphatic rings. The summed E-state index contributed by atoms with van der Waals surface area (Å²) in [5.41, 5.74) is 4.63. The van der Waals surface area contributed by atoms with E-state index in [0.717, 1.165) is 22.2 Å². The van der Waals surface area contributed by atoms with Gasteiger partial charge in [0.2, 0.25) is 0 Å². The Morgan fingerprint density at radius 3 is 2.15 bits per heavy atom. The molecule has 0 aliphatic carbocycles. The molecule has 128 valence electrons. The van der Waals surface area contributed by atoms with Gasteiger partial charge in [-0.1, -0.05) is 78.9 Å². The molecule has 0 saturated heterocycles. The molecule has 1 heterocycles. The number of benzene rings is 3. The predicted molar refractivity (Wildman–Crippen MR) is 108 cm³/mol. The van der Waals surface area contributed by atoms with Crippen molar-refractivity contribution < 1.29 is 0 Å². The Hall–Kier alpha value is -3.33. The predicted octanol–water partition coefficient (Wildman–Crippen LogP) is 4.82. The van der Waals surface area contributed by atoms with Gasteiger partial charge in [0.1, 0.15) is 0 Å². The molecule has 3 nitrogen and oxygen atoms in total. The van der Waals surface area contributed by atoms with E-state index in [1.807, 2.05) is 73.8 Å². The monoisotopic (exact) mass is 340 g/mol. The second-order valence-corrected chi connectivity index (χ2v) is 6.34. The molecule has 0 spiro atoms. The number of nitrogens with zero attached hydrogens (tertiary/aromatic N) is 1. The first kappa shape index (κ1) is 16.2. The molecule has 0 fully saturated rings.